The Labute approximate surface area is 124 Å². The summed E-state index contributed by atoms with van der Waals surface area (Å²) in [6.45, 7) is 0.785. The monoisotopic (exact) mass is 285 g/mol. The smallest absolute Gasteiger partial charge is 0.161 e. The molecule has 1 fully saturated rings. The molecule has 0 unspecified atom stereocenters. The van der Waals surface area contributed by atoms with Crippen molar-refractivity contribution in [3.8, 4) is 22.9 Å². The van der Waals surface area contributed by atoms with Crippen molar-refractivity contribution in [2.45, 2.75) is 25.4 Å². The fourth-order valence-corrected chi connectivity index (χ4v) is 2.15. The summed E-state index contributed by atoms with van der Waals surface area (Å²) in [5.74, 6) is 2.08. The van der Waals surface area contributed by atoms with E-state index in [-0.39, 0.29) is 0 Å². The first-order valence-corrected chi connectivity index (χ1v) is 7.08. The maximum absolute atomic E-state index is 5.32. The highest BCUT2D eigenvalue weighted by Gasteiger charge is 2.20. The Morgan fingerprint density at radius 3 is 2.67 bits per heavy atom. The number of nitrogens with one attached hydrogen (secondary N) is 1. The molecule has 1 heterocycles. The maximum atomic E-state index is 5.32. The van der Waals surface area contributed by atoms with Gasteiger partial charge in [0.05, 0.1) is 19.9 Å². The lowest BCUT2D eigenvalue weighted by atomic mass is 10.2. The summed E-state index contributed by atoms with van der Waals surface area (Å²) in [6.07, 6.45) is 4.34. The van der Waals surface area contributed by atoms with E-state index in [4.69, 9.17) is 9.47 Å². The van der Waals surface area contributed by atoms with Crippen molar-refractivity contribution in [2.75, 3.05) is 14.2 Å². The summed E-state index contributed by atoms with van der Waals surface area (Å²) in [4.78, 5) is 8.95. The standard InChI is InChI=1S/C16H19N3O2/c1-20-14-6-3-11(9-15(14)21-2)16-17-8-7-13(19-16)10-18-12-4-5-12/h3,6-9,12,18H,4-5,10H2,1-2H3. The topological polar surface area (TPSA) is 56.3 Å². The molecule has 0 spiro atoms. The highest BCUT2D eigenvalue weighted by Crippen LogP contribution is 2.30. The number of hydrogen-bond donors (Lipinski definition) is 1. The van der Waals surface area contributed by atoms with Crippen LogP contribution in [-0.2, 0) is 6.54 Å². The minimum absolute atomic E-state index is 0.671. The Hall–Kier alpha value is -2.14. The van der Waals surface area contributed by atoms with Crippen molar-refractivity contribution in [3.05, 3.63) is 36.2 Å². The van der Waals surface area contributed by atoms with E-state index in [1.54, 1.807) is 20.4 Å². The number of nitrogens with zero attached hydrogens (tertiary/aromatic N) is 2. The zero-order valence-electron chi connectivity index (χ0n) is 12.3. The first-order chi connectivity index (χ1) is 10.3. The second kappa shape index (κ2) is 6.10. The van der Waals surface area contributed by atoms with Gasteiger partial charge < -0.3 is 14.8 Å². The fourth-order valence-electron chi connectivity index (χ4n) is 2.15. The third-order valence-electron chi connectivity index (χ3n) is 3.50. The van der Waals surface area contributed by atoms with Crippen molar-refractivity contribution >= 4 is 0 Å². The number of aromatic nitrogens is 2. The highest BCUT2D eigenvalue weighted by molar-refractivity contribution is 5.61. The van der Waals surface area contributed by atoms with E-state index in [0.717, 1.165) is 17.8 Å². The van der Waals surface area contributed by atoms with Crippen LogP contribution in [0.15, 0.2) is 30.5 Å². The van der Waals surface area contributed by atoms with Crippen LogP contribution in [0.4, 0.5) is 0 Å². The lowest BCUT2D eigenvalue weighted by Gasteiger charge is -2.09. The normalized spacial score (nSPS) is 14.0. The molecule has 2 aromatic rings. The fraction of sp³-hybridized carbons (Fsp3) is 0.375. The molecule has 1 aliphatic carbocycles. The van der Waals surface area contributed by atoms with Crippen molar-refractivity contribution in [3.63, 3.8) is 0 Å². The van der Waals surface area contributed by atoms with Gasteiger partial charge in [-0.15, -0.1) is 0 Å². The Bertz CT molecular complexity index is 627. The van der Waals surface area contributed by atoms with Gasteiger partial charge >= 0.3 is 0 Å². The summed E-state index contributed by atoms with van der Waals surface area (Å²) >= 11 is 0. The quantitative estimate of drug-likeness (QED) is 0.883. The predicted octanol–water partition coefficient (Wildman–Crippen LogP) is 2.41. The molecule has 0 aliphatic heterocycles. The molecule has 110 valence electrons. The van der Waals surface area contributed by atoms with Crippen LogP contribution in [0.2, 0.25) is 0 Å². The Balaban J connectivity index is 1.83. The average molecular weight is 285 g/mol. The summed E-state index contributed by atoms with van der Waals surface area (Å²) in [5.41, 5.74) is 1.92. The molecule has 1 N–H and O–H groups in total. The van der Waals surface area contributed by atoms with Crippen molar-refractivity contribution < 1.29 is 9.47 Å². The van der Waals surface area contributed by atoms with Crippen LogP contribution >= 0.6 is 0 Å². The van der Waals surface area contributed by atoms with Crippen LogP contribution in [0.5, 0.6) is 11.5 Å². The largest absolute Gasteiger partial charge is 0.493 e. The van der Waals surface area contributed by atoms with E-state index in [2.05, 4.69) is 15.3 Å². The van der Waals surface area contributed by atoms with E-state index in [9.17, 15) is 0 Å². The molecule has 21 heavy (non-hydrogen) atoms. The molecule has 5 nitrogen and oxygen atoms in total. The van der Waals surface area contributed by atoms with E-state index in [1.165, 1.54) is 12.8 Å². The molecule has 0 radical (unpaired) electrons. The van der Waals surface area contributed by atoms with E-state index < -0.39 is 0 Å². The summed E-state index contributed by atoms with van der Waals surface area (Å²) < 4.78 is 10.6. The number of benzene rings is 1. The maximum Gasteiger partial charge on any atom is 0.161 e. The third-order valence-corrected chi connectivity index (χ3v) is 3.50. The SMILES string of the molecule is COc1ccc(-c2nccc(CNC3CC3)n2)cc1OC. The van der Waals surface area contributed by atoms with Gasteiger partial charge in [-0.3, -0.25) is 0 Å². The molecule has 5 heteroatoms. The zero-order valence-corrected chi connectivity index (χ0v) is 12.3. The molecule has 3 rings (SSSR count). The number of hydrogen-bond acceptors (Lipinski definition) is 5. The van der Waals surface area contributed by atoms with Gasteiger partial charge in [0.15, 0.2) is 17.3 Å². The minimum atomic E-state index is 0.671. The summed E-state index contributed by atoms with van der Waals surface area (Å²) in [6, 6.07) is 8.32. The second-order valence-corrected chi connectivity index (χ2v) is 5.10. The Morgan fingerprint density at radius 2 is 1.95 bits per heavy atom. The molecule has 0 bridgehead atoms. The predicted molar refractivity (Wildman–Crippen MR) is 80.4 cm³/mol. The molecule has 0 atom stereocenters. The molecule has 1 saturated carbocycles. The van der Waals surface area contributed by atoms with Gasteiger partial charge in [0.1, 0.15) is 0 Å². The lowest BCUT2D eigenvalue weighted by Crippen LogP contribution is -2.16. The highest BCUT2D eigenvalue weighted by atomic mass is 16.5. The van der Waals surface area contributed by atoms with Gasteiger partial charge in [0, 0.05) is 24.3 Å². The molecule has 0 amide bonds. The molecular weight excluding hydrogens is 266 g/mol. The minimum Gasteiger partial charge on any atom is -0.493 e. The molecule has 0 saturated heterocycles. The van der Waals surface area contributed by atoms with Gasteiger partial charge in [0.25, 0.3) is 0 Å². The van der Waals surface area contributed by atoms with Crippen molar-refractivity contribution in [1.29, 1.82) is 0 Å². The van der Waals surface area contributed by atoms with Crippen LogP contribution in [0.3, 0.4) is 0 Å². The number of ether oxygens (including phenoxy) is 2. The second-order valence-electron chi connectivity index (χ2n) is 5.10. The van der Waals surface area contributed by atoms with Crippen LogP contribution in [0.25, 0.3) is 11.4 Å². The van der Waals surface area contributed by atoms with Crippen LogP contribution in [0.1, 0.15) is 18.5 Å². The van der Waals surface area contributed by atoms with Gasteiger partial charge in [-0.05, 0) is 37.1 Å². The van der Waals surface area contributed by atoms with E-state index in [1.807, 2.05) is 24.3 Å². The van der Waals surface area contributed by atoms with Gasteiger partial charge in [-0.2, -0.15) is 0 Å². The van der Waals surface area contributed by atoms with Crippen LogP contribution in [-0.4, -0.2) is 30.2 Å². The first-order valence-electron chi connectivity index (χ1n) is 7.08. The summed E-state index contributed by atoms with van der Waals surface area (Å²) in [5, 5.41) is 3.46. The Morgan fingerprint density at radius 1 is 1.14 bits per heavy atom. The molecule has 1 aromatic heterocycles. The van der Waals surface area contributed by atoms with Crippen molar-refractivity contribution in [2.24, 2.45) is 0 Å². The molecule has 1 aromatic carbocycles. The van der Waals surface area contributed by atoms with Gasteiger partial charge in [0.2, 0.25) is 0 Å². The third kappa shape index (κ3) is 3.31. The summed E-state index contributed by atoms with van der Waals surface area (Å²) in [7, 11) is 3.25. The number of rotatable bonds is 6. The van der Waals surface area contributed by atoms with Gasteiger partial charge in [-0.25, -0.2) is 9.97 Å². The van der Waals surface area contributed by atoms with Crippen molar-refractivity contribution in [1.82, 2.24) is 15.3 Å². The number of methoxy groups -OCH3 is 2. The van der Waals surface area contributed by atoms with Gasteiger partial charge in [-0.1, -0.05) is 0 Å². The van der Waals surface area contributed by atoms with Crippen LogP contribution in [0, 0.1) is 0 Å². The average Bonchev–Trinajstić information content (AvgIpc) is 3.37. The van der Waals surface area contributed by atoms with Crippen LogP contribution < -0.4 is 14.8 Å². The van der Waals surface area contributed by atoms with E-state index in [0.29, 0.717) is 23.4 Å². The zero-order chi connectivity index (χ0) is 14.7. The Kier molecular flexibility index (Phi) is 4.01. The molecule has 1 aliphatic rings. The lowest BCUT2D eigenvalue weighted by molar-refractivity contribution is 0.355. The van der Waals surface area contributed by atoms with E-state index >= 15 is 0 Å². The molecular formula is C16H19N3O2. The first kappa shape index (κ1) is 13.8.